The normalized spacial score (nSPS) is 21.5. The second kappa shape index (κ2) is 10.0. The molecule has 0 aromatic heterocycles. The molecule has 0 amide bonds. The monoisotopic (exact) mass is 390 g/mol. The fourth-order valence-corrected chi connectivity index (χ4v) is 5.77. The van der Waals surface area contributed by atoms with Crippen LogP contribution in [0, 0.1) is 0 Å². The maximum Gasteiger partial charge on any atom is 0.211 e. The summed E-state index contributed by atoms with van der Waals surface area (Å²) in [4.78, 5) is 7.17. The molecule has 0 bridgehead atoms. The average Bonchev–Trinajstić information content (AvgIpc) is 2.61. The van der Waals surface area contributed by atoms with Crippen molar-refractivity contribution in [1.82, 2.24) is 14.9 Å². The summed E-state index contributed by atoms with van der Waals surface area (Å²) in [7, 11) is -3.10. The van der Waals surface area contributed by atoms with Crippen molar-refractivity contribution < 1.29 is 8.42 Å². The van der Waals surface area contributed by atoms with Crippen molar-refractivity contribution in [3.63, 3.8) is 0 Å². The van der Waals surface area contributed by atoms with E-state index >= 15 is 0 Å². The summed E-state index contributed by atoms with van der Waals surface area (Å²) >= 11 is 2.16. The Balaban J connectivity index is 1.87. The molecule has 1 aliphatic carbocycles. The molecule has 0 atom stereocenters. The van der Waals surface area contributed by atoms with Gasteiger partial charge in [-0.3, -0.25) is 4.99 Å². The van der Waals surface area contributed by atoms with E-state index in [1.54, 1.807) is 6.92 Å². The van der Waals surface area contributed by atoms with Crippen LogP contribution < -0.4 is 10.0 Å². The van der Waals surface area contributed by atoms with Gasteiger partial charge in [0.05, 0.1) is 5.75 Å². The Morgan fingerprint density at radius 2 is 2.00 bits per heavy atom. The fourth-order valence-electron chi connectivity index (χ4n) is 3.54. The van der Waals surface area contributed by atoms with Crippen LogP contribution in [0.3, 0.4) is 0 Å². The Morgan fingerprint density at radius 3 is 2.68 bits per heavy atom. The number of sulfonamides is 1. The lowest BCUT2D eigenvalue weighted by Gasteiger charge is -2.45. The number of hydrogen-bond acceptors (Lipinski definition) is 4. The molecule has 1 saturated carbocycles. The van der Waals surface area contributed by atoms with Gasteiger partial charge in [0.15, 0.2) is 5.96 Å². The van der Waals surface area contributed by atoms with Crippen molar-refractivity contribution in [2.24, 2.45) is 4.99 Å². The third-order valence-corrected chi connectivity index (χ3v) is 7.89. The largest absolute Gasteiger partial charge is 0.357 e. The Bertz CT molecular complexity index is 525. The van der Waals surface area contributed by atoms with E-state index in [-0.39, 0.29) is 5.75 Å². The van der Waals surface area contributed by atoms with Crippen LogP contribution in [-0.2, 0) is 10.0 Å². The molecule has 25 heavy (non-hydrogen) atoms. The number of aliphatic imine (C=N–C) groups is 1. The highest BCUT2D eigenvalue weighted by atomic mass is 32.2. The minimum atomic E-state index is -3.10. The summed E-state index contributed by atoms with van der Waals surface area (Å²) < 4.78 is 25.9. The number of nitrogens with one attached hydrogen (secondary N) is 2. The molecule has 146 valence electrons. The van der Waals surface area contributed by atoms with Gasteiger partial charge in [-0.2, -0.15) is 11.8 Å². The van der Waals surface area contributed by atoms with E-state index in [0.29, 0.717) is 17.8 Å². The molecule has 0 aromatic rings. The Kier molecular flexibility index (Phi) is 8.35. The number of rotatable bonds is 7. The van der Waals surface area contributed by atoms with Crippen molar-refractivity contribution in [1.29, 1.82) is 0 Å². The molecule has 6 nitrogen and oxygen atoms in total. The highest BCUT2D eigenvalue weighted by Gasteiger charge is 2.38. The molecule has 1 spiro atoms. The Labute approximate surface area is 157 Å². The van der Waals surface area contributed by atoms with Crippen LogP contribution >= 0.6 is 11.8 Å². The van der Waals surface area contributed by atoms with E-state index < -0.39 is 10.0 Å². The summed E-state index contributed by atoms with van der Waals surface area (Å²) in [5.74, 6) is 2.29. The predicted octanol–water partition coefficient (Wildman–Crippen LogP) is 2.03. The quantitative estimate of drug-likeness (QED) is 0.395. The molecule has 2 fully saturated rings. The van der Waals surface area contributed by atoms with Gasteiger partial charge in [-0.05, 0) is 33.1 Å². The van der Waals surface area contributed by atoms with E-state index in [1.807, 2.05) is 0 Å². The summed E-state index contributed by atoms with van der Waals surface area (Å²) in [6, 6.07) is 0. The SMILES string of the molecule is CCNC(=NCCCNS(=O)(=O)CC)N1CCSC2(CCCCC2)C1. The van der Waals surface area contributed by atoms with E-state index in [1.165, 1.54) is 37.9 Å². The van der Waals surface area contributed by atoms with Crippen LogP contribution in [0.25, 0.3) is 0 Å². The number of thioether (sulfide) groups is 1. The second-order valence-electron chi connectivity index (χ2n) is 6.90. The van der Waals surface area contributed by atoms with Crippen molar-refractivity contribution in [2.45, 2.75) is 57.1 Å². The smallest absolute Gasteiger partial charge is 0.211 e. The second-order valence-corrected chi connectivity index (χ2v) is 10.6. The van der Waals surface area contributed by atoms with Gasteiger partial charge in [-0.15, -0.1) is 0 Å². The van der Waals surface area contributed by atoms with Crippen molar-refractivity contribution in [3.05, 3.63) is 0 Å². The van der Waals surface area contributed by atoms with Crippen molar-refractivity contribution >= 4 is 27.7 Å². The summed E-state index contributed by atoms with van der Waals surface area (Å²) in [6.07, 6.45) is 7.46. The first-order valence-corrected chi connectivity index (χ1v) is 12.3. The van der Waals surface area contributed by atoms with Crippen LogP contribution in [0.15, 0.2) is 4.99 Å². The van der Waals surface area contributed by atoms with Gasteiger partial charge < -0.3 is 10.2 Å². The third kappa shape index (κ3) is 6.64. The highest BCUT2D eigenvalue weighted by Crippen LogP contribution is 2.42. The molecule has 1 saturated heterocycles. The zero-order chi connectivity index (χ0) is 18.2. The Morgan fingerprint density at radius 1 is 1.24 bits per heavy atom. The molecule has 0 unspecified atom stereocenters. The summed E-state index contributed by atoms with van der Waals surface area (Å²) in [5, 5.41) is 3.42. The topological polar surface area (TPSA) is 73.8 Å². The van der Waals surface area contributed by atoms with Crippen LogP contribution in [0.4, 0.5) is 0 Å². The number of hydrogen-bond donors (Lipinski definition) is 2. The maximum absolute atomic E-state index is 11.4. The first-order valence-electron chi connectivity index (χ1n) is 9.65. The standard InChI is InChI=1S/C17H34N4O2S2/c1-3-18-16(19-11-8-12-20-25(22,23)4-2)21-13-14-24-17(15-21)9-6-5-7-10-17/h20H,3-15H2,1-2H3,(H,18,19). The van der Waals surface area contributed by atoms with E-state index in [0.717, 1.165) is 32.0 Å². The molecule has 2 aliphatic rings. The van der Waals surface area contributed by atoms with Gasteiger partial charge in [0, 0.05) is 43.2 Å². The van der Waals surface area contributed by atoms with Crippen LogP contribution in [0.5, 0.6) is 0 Å². The van der Waals surface area contributed by atoms with Crippen LogP contribution in [0.1, 0.15) is 52.4 Å². The van der Waals surface area contributed by atoms with Gasteiger partial charge in [0.1, 0.15) is 0 Å². The summed E-state index contributed by atoms with van der Waals surface area (Å²) in [5.41, 5.74) is 0. The van der Waals surface area contributed by atoms with E-state index in [4.69, 9.17) is 4.99 Å². The molecular weight excluding hydrogens is 356 g/mol. The van der Waals surface area contributed by atoms with Crippen molar-refractivity contribution in [2.75, 3.05) is 44.2 Å². The molecule has 1 heterocycles. The predicted molar refractivity (Wildman–Crippen MR) is 108 cm³/mol. The van der Waals surface area contributed by atoms with Crippen LogP contribution in [0.2, 0.25) is 0 Å². The first-order chi connectivity index (χ1) is 12.0. The van der Waals surface area contributed by atoms with Gasteiger partial charge in [-0.25, -0.2) is 13.1 Å². The van der Waals surface area contributed by atoms with E-state index in [9.17, 15) is 8.42 Å². The highest BCUT2D eigenvalue weighted by molar-refractivity contribution is 8.00. The average molecular weight is 391 g/mol. The molecule has 0 radical (unpaired) electrons. The van der Waals surface area contributed by atoms with Gasteiger partial charge in [0.2, 0.25) is 10.0 Å². The molecular formula is C17H34N4O2S2. The Hall–Kier alpha value is -0.470. The molecule has 8 heteroatoms. The van der Waals surface area contributed by atoms with Crippen LogP contribution in [-0.4, -0.2) is 68.3 Å². The third-order valence-electron chi connectivity index (χ3n) is 4.95. The first kappa shape index (κ1) is 20.8. The molecule has 0 aromatic carbocycles. The molecule has 2 rings (SSSR count). The van der Waals surface area contributed by atoms with Crippen molar-refractivity contribution in [3.8, 4) is 0 Å². The minimum absolute atomic E-state index is 0.131. The lowest BCUT2D eigenvalue weighted by atomic mass is 9.87. The lowest BCUT2D eigenvalue weighted by molar-refractivity contribution is 0.293. The number of guanidine groups is 1. The lowest BCUT2D eigenvalue weighted by Crippen LogP contribution is -2.53. The van der Waals surface area contributed by atoms with Gasteiger partial charge in [0.25, 0.3) is 0 Å². The van der Waals surface area contributed by atoms with Gasteiger partial charge in [-0.1, -0.05) is 19.3 Å². The fraction of sp³-hybridized carbons (Fsp3) is 0.941. The van der Waals surface area contributed by atoms with E-state index in [2.05, 4.69) is 33.6 Å². The zero-order valence-electron chi connectivity index (χ0n) is 15.7. The maximum atomic E-state index is 11.4. The zero-order valence-corrected chi connectivity index (χ0v) is 17.4. The van der Waals surface area contributed by atoms with Gasteiger partial charge >= 0.3 is 0 Å². The molecule has 2 N–H and O–H groups in total. The molecule has 1 aliphatic heterocycles. The summed E-state index contributed by atoms with van der Waals surface area (Å²) in [6.45, 7) is 7.84. The minimum Gasteiger partial charge on any atom is -0.357 e. The number of nitrogens with zero attached hydrogens (tertiary/aromatic N) is 2.